The Labute approximate surface area is 119 Å². The van der Waals surface area contributed by atoms with E-state index in [0.29, 0.717) is 31.6 Å². The number of unbranched alkanes of at least 4 members (excludes halogenated alkanes) is 1. The van der Waals surface area contributed by atoms with E-state index < -0.39 is 0 Å². The molecule has 0 rings (SSSR count). The van der Waals surface area contributed by atoms with Crippen LogP contribution in [0.15, 0.2) is 17.3 Å². The normalized spacial score (nSPS) is 9.81. The number of hydrogen-bond donors (Lipinski definition) is 2. The van der Waals surface area contributed by atoms with Crippen molar-refractivity contribution in [2.24, 2.45) is 10.7 Å². The third kappa shape index (κ3) is 11.7. The summed E-state index contributed by atoms with van der Waals surface area (Å²) < 4.78 is 0. The number of hydrogen-bond acceptors (Lipinski definition) is 2. The molecule has 5 nitrogen and oxygen atoms in total. The van der Waals surface area contributed by atoms with Crippen LogP contribution in [-0.2, 0) is 4.79 Å². The topological polar surface area (TPSA) is 91.3 Å². The van der Waals surface area contributed by atoms with E-state index in [2.05, 4.69) is 16.9 Å². The van der Waals surface area contributed by atoms with Gasteiger partial charge in [-0.3, -0.25) is 4.79 Å². The van der Waals surface area contributed by atoms with Gasteiger partial charge >= 0.3 is 29.6 Å². The second kappa shape index (κ2) is 12.7. The Morgan fingerprint density at radius 2 is 2.12 bits per heavy atom. The van der Waals surface area contributed by atoms with Crippen LogP contribution in [0.2, 0.25) is 0 Å². The number of nitrogens with two attached hydrogens (primary N) is 1. The summed E-state index contributed by atoms with van der Waals surface area (Å²) in [6.45, 7) is 4.58. The summed E-state index contributed by atoms with van der Waals surface area (Å²) in [7, 11) is 0. The Morgan fingerprint density at radius 3 is 2.69 bits per heavy atom. The zero-order valence-corrected chi connectivity index (χ0v) is 12.0. The largest absolute Gasteiger partial charge is 1.00 e. The van der Waals surface area contributed by atoms with Crippen LogP contribution < -0.4 is 40.6 Å². The van der Waals surface area contributed by atoms with E-state index in [0.717, 1.165) is 12.8 Å². The molecule has 0 fully saturated rings. The molecule has 16 heavy (non-hydrogen) atoms. The van der Waals surface area contributed by atoms with Gasteiger partial charge in [-0.15, -0.1) is 0 Å². The molecule has 6 heteroatoms. The first-order chi connectivity index (χ1) is 7.20. The molecule has 1 amide bonds. The molecule has 0 radical (unpaired) electrons. The maximum atomic E-state index is 11.2. The standard InChI is InChI=1S/C10H19N4O.Na/c1-9(14-8-12)5-7-13-10(15)4-2-3-6-11;/h8,11H,1-7H2,(H2,12,14)(H,13,15);/q-1;+1. The number of amides is 1. The molecule has 0 atom stereocenters. The molecule has 4 N–H and O–H groups in total. The van der Waals surface area contributed by atoms with Crippen molar-refractivity contribution in [3.63, 3.8) is 0 Å². The fourth-order valence-corrected chi connectivity index (χ4v) is 1.02. The molecule has 0 aliphatic carbocycles. The summed E-state index contributed by atoms with van der Waals surface area (Å²) in [5.41, 5.74) is 12.7. The van der Waals surface area contributed by atoms with Gasteiger partial charge < -0.3 is 16.8 Å². The number of rotatable bonds is 8. The van der Waals surface area contributed by atoms with Crippen molar-refractivity contribution in [1.29, 1.82) is 0 Å². The van der Waals surface area contributed by atoms with Gasteiger partial charge in [0.05, 0.1) is 6.34 Å². The molecule has 0 aromatic rings. The molecular formula is C10H19N4NaO. The Morgan fingerprint density at radius 1 is 1.44 bits per heavy atom. The third-order valence-corrected chi connectivity index (χ3v) is 1.82. The van der Waals surface area contributed by atoms with Crippen LogP contribution in [0.1, 0.15) is 25.7 Å². The van der Waals surface area contributed by atoms with Gasteiger partial charge in [0.2, 0.25) is 5.91 Å². The van der Waals surface area contributed by atoms with E-state index in [9.17, 15) is 4.79 Å². The van der Waals surface area contributed by atoms with Gasteiger partial charge in [-0.05, 0) is 6.42 Å². The average Bonchev–Trinajstić information content (AvgIpc) is 2.18. The predicted molar refractivity (Wildman–Crippen MR) is 62.5 cm³/mol. The van der Waals surface area contributed by atoms with Crippen molar-refractivity contribution in [3.05, 3.63) is 18.0 Å². The van der Waals surface area contributed by atoms with Gasteiger partial charge in [-0.1, -0.05) is 13.0 Å². The fraction of sp³-hybridized carbons (Fsp3) is 0.600. The Balaban J connectivity index is 0. The van der Waals surface area contributed by atoms with Crippen LogP contribution in [-0.4, -0.2) is 25.3 Å². The first-order valence-electron chi connectivity index (χ1n) is 5.04. The Hall–Kier alpha value is -0.360. The van der Waals surface area contributed by atoms with Gasteiger partial charge in [0, 0.05) is 25.1 Å². The molecule has 86 valence electrons. The van der Waals surface area contributed by atoms with Crippen molar-refractivity contribution in [2.45, 2.75) is 25.7 Å². The number of nitrogens with zero attached hydrogens (tertiary/aromatic N) is 1. The molecule has 0 aromatic heterocycles. The van der Waals surface area contributed by atoms with E-state index in [4.69, 9.17) is 11.5 Å². The molecule has 0 saturated carbocycles. The summed E-state index contributed by atoms with van der Waals surface area (Å²) in [5.74, 6) is 0.0213. The molecule has 0 unspecified atom stereocenters. The van der Waals surface area contributed by atoms with Gasteiger partial charge in [0.1, 0.15) is 0 Å². The zero-order valence-electron chi connectivity index (χ0n) is 9.96. The molecule has 0 bridgehead atoms. The summed E-state index contributed by atoms with van der Waals surface area (Å²) in [6.07, 6.45) is 3.84. The van der Waals surface area contributed by atoms with E-state index in [-0.39, 0.29) is 35.5 Å². The Kier molecular flexibility index (Phi) is 14.3. The predicted octanol–water partition coefficient (Wildman–Crippen LogP) is -1.78. The maximum Gasteiger partial charge on any atom is 1.00 e. The van der Waals surface area contributed by atoms with Gasteiger partial charge in [0.25, 0.3) is 0 Å². The fourth-order valence-electron chi connectivity index (χ4n) is 1.02. The minimum absolute atomic E-state index is 0. The zero-order chi connectivity index (χ0) is 11.5. The number of nitrogens with one attached hydrogen (secondary N) is 2. The SMILES string of the molecule is C=C(CCNC(=O)CCCC[NH-])N=CN.[Na+]. The van der Waals surface area contributed by atoms with Crippen LogP contribution >= 0.6 is 0 Å². The van der Waals surface area contributed by atoms with Crippen molar-refractivity contribution >= 4 is 12.2 Å². The van der Waals surface area contributed by atoms with Crippen LogP contribution in [0, 0.1) is 0 Å². The van der Waals surface area contributed by atoms with Crippen LogP contribution in [0.25, 0.3) is 5.73 Å². The van der Waals surface area contributed by atoms with E-state index in [1.54, 1.807) is 0 Å². The second-order valence-electron chi connectivity index (χ2n) is 3.15. The van der Waals surface area contributed by atoms with Crippen molar-refractivity contribution in [1.82, 2.24) is 5.32 Å². The summed E-state index contributed by atoms with van der Waals surface area (Å²) in [4.78, 5) is 15.0. The molecule has 0 aliphatic heterocycles. The van der Waals surface area contributed by atoms with E-state index >= 15 is 0 Å². The number of carbonyl (C=O) groups is 1. The quantitative estimate of drug-likeness (QED) is 0.225. The van der Waals surface area contributed by atoms with Gasteiger partial charge in [0.15, 0.2) is 0 Å². The second-order valence-corrected chi connectivity index (χ2v) is 3.15. The van der Waals surface area contributed by atoms with E-state index in [1.165, 1.54) is 6.34 Å². The van der Waals surface area contributed by atoms with Gasteiger partial charge in [-0.2, -0.15) is 6.54 Å². The van der Waals surface area contributed by atoms with Crippen LogP contribution in [0.3, 0.4) is 0 Å². The van der Waals surface area contributed by atoms with Crippen LogP contribution in [0.5, 0.6) is 0 Å². The first kappa shape index (κ1) is 18.0. The van der Waals surface area contributed by atoms with Crippen molar-refractivity contribution < 1.29 is 34.4 Å². The smallest absolute Gasteiger partial charge is 0.677 e. The number of carbonyl (C=O) groups excluding carboxylic acids is 1. The Bertz CT molecular complexity index is 231. The molecular weight excluding hydrogens is 215 g/mol. The minimum Gasteiger partial charge on any atom is -0.677 e. The van der Waals surface area contributed by atoms with Crippen molar-refractivity contribution in [3.8, 4) is 0 Å². The molecule has 0 heterocycles. The molecule has 0 aromatic carbocycles. The monoisotopic (exact) mass is 234 g/mol. The average molecular weight is 234 g/mol. The summed E-state index contributed by atoms with van der Waals surface area (Å²) in [6, 6.07) is 0. The molecule has 0 aliphatic rings. The van der Waals surface area contributed by atoms with E-state index in [1.807, 2.05) is 0 Å². The molecule has 0 saturated heterocycles. The third-order valence-electron chi connectivity index (χ3n) is 1.82. The first-order valence-corrected chi connectivity index (χ1v) is 5.04. The van der Waals surface area contributed by atoms with Crippen LogP contribution in [0.4, 0.5) is 0 Å². The van der Waals surface area contributed by atoms with Gasteiger partial charge in [-0.25, -0.2) is 4.99 Å². The van der Waals surface area contributed by atoms with Crippen molar-refractivity contribution in [2.75, 3.05) is 13.1 Å². The molecule has 0 spiro atoms. The summed E-state index contributed by atoms with van der Waals surface area (Å²) >= 11 is 0. The minimum atomic E-state index is 0. The number of aliphatic imine (C=N–C) groups is 1. The summed E-state index contributed by atoms with van der Waals surface area (Å²) in [5, 5.41) is 2.76. The maximum absolute atomic E-state index is 11.2.